The van der Waals surface area contributed by atoms with Crippen LogP contribution in [0.3, 0.4) is 0 Å². The van der Waals surface area contributed by atoms with Crippen LogP contribution in [-0.2, 0) is 25.4 Å². The van der Waals surface area contributed by atoms with Crippen LogP contribution in [0.15, 0.2) is 30.5 Å². The summed E-state index contributed by atoms with van der Waals surface area (Å²) >= 11 is 0. The van der Waals surface area contributed by atoms with Crippen molar-refractivity contribution in [3.05, 3.63) is 47.5 Å². The van der Waals surface area contributed by atoms with Crippen LogP contribution in [0.4, 0.5) is 0 Å². The Morgan fingerprint density at radius 3 is 2.37 bits per heavy atom. The molecule has 1 saturated heterocycles. The van der Waals surface area contributed by atoms with E-state index in [1.165, 1.54) is 0 Å². The van der Waals surface area contributed by atoms with E-state index >= 15 is 0 Å². The zero-order chi connectivity index (χ0) is 33.2. The maximum absolute atomic E-state index is 6.22. The van der Waals surface area contributed by atoms with E-state index in [-0.39, 0.29) is 12.3 Å². The van der Waals surface area contributed by atoms with Crippen LogP contribution in [0.2, 0.25) is 16.6 Å². The zero-order valence-corrected chi connectivity index (χ0v) is 30.5. The summed E-state index contributed by atoms with van der Waals surface area (Å²) in [5, 5.41) is 18.9. The number of rotatable bonds is 11. The number of aryl methyl sites for hydroxylation is 3. The van der Waals surface area contributed by atoms with Crippen molar-refractivity contribution in [1.29, 1.82) is 0 Å². The van der Waals surface area contributed by atoms with Crippen molar-refractivity contribution in [3.8, 4) is 28.5 Å². The number of nitrogens with one attached hydrogen (secondary N) is 1. The molecule has 10 heteroatoms. The van der Waals surface area contributed by atoms with E-state index in [1.54, 1.807) is 4.68 Å². The molecular formula is C36H53N7O2Si. The van der Waals surface area contributed by atoms with E-state index in [4.69, 9.17) is 14.6 Å². The summed E-state index contributed by atoms with van der Waals surface area (Å²) in [7, 11) is 1.96. The number of aromatic nitrogens is 6. The second-order valence-corrected chi connectivity index (χ2v) is 19.5. The lowest BCUT2D eigenvalue weighted by atomic mass is 10.0. The minimum Gasteiger partial charge on any atom is -0.476 e. The van der Waals surface area contributed by atoms with E-state index in [9.17, 15) is 0 Å². The Morgan fingerprint density at radius 1 is 1.00 bits per heavy atom. The molecule has 46 heavy (non-hydrogen) atoms. The maximum Gasteiger partial charge on any atom is 0.211 e. The van der Waals surface area contributed by atoms with Gasteiger partial charge in [-0.1, -0.05) is 53.5 Å². The molecule has 1 N–H and O–H groups in total. The van der Waals surface area contributed by atoms with Gasteiger partial charge >= 0.3 is 0 Å². The van der Waals surface area contributed by atoms with Gasteiger partial charge in [0.15, 0.2) is 6.23 Å². The van der Waals surface area contributed by atoms with Crippen molar-refractivity contribution in [3.63, 3.8) is 0 Å². The third kappa shape index (κ3) is 6.83. The van der Waals surface area contributed by atoms with Gasteiger partial charge in [-0.3, -0.25) is 4.68 Å². The van der Waals surface area contributed by atoms with E-state index < -0.39 is 8.07 Å². The number of hydrogen-bond donors (Lipinski definition) is 1. The topological polar surface area (TPSA) is 84.0 Å². The fraction of sp³-hybridized carbons (Fsp3) is 0.583. The molecule has 9 nitrogen and oxygen atoms in total. The molecule has 3 aromatic heterocycles. The quantitative estimate of drug-likeness (QED) is 0.136. The van der Waals surface area contributed by atoms with Crippen molar-refractivity contribution in [1.82, 2.24) is 34.7 Å². The van der Waals surface area contributed by atoms with Crippen molar-refractivity contribution in [2.24, 2.45) is 14.1 Å². The van der Waals surface area contributed by atoms with Gasteiger partial charge < -0.3 is 14.8 Å². The highest BCUT2D eigenvalue weighted by molar-refractivity contribution is 6.90. The van der Waals surface area contributed by atoms with Crippen molar-refractivity contribution < 1.29 is 9.47 Å². The predicted octanol–water partition coefficient (Wildman–Crippen LogP) is 7.30. The molecule has 5 rings (SSSR count). The van der Waals surface area contributed by atoms with Crippen LogP contribution in [0.1, 0.15) is 91.0 Å². The van der Waals surface area contributed by atoms with Crippen LogP contribution in [0.25, 0.3) is 22.0 Å². The summed E-state index contributed by atoms with van der Waals surface area (Å²) in [6.45, 7) is 20.2. The van der Waals surface area contributed by atoms with Gasteiger partial charge in [-0.05, 0) is 67.4 Å². The first-order valence-electron chi connectivity index (χ1n) is 17.0. The van der Waals surface area contributed by atoms with Gasteiger partial charge in [0, 0.05) is 50.3 Å². The average Bonchev–Trinajstić information content (AvgIpc) is 3.68. The Bertz CT molecular complexity index is 1680. The summed E-state index contributed by atoms with van der Waals surface area (Å²) in [6, 6.07) is 8.72. The molecule has 0 bridgehead atoms. The first-order chi connectivity index (χ1) is 21.9. The molecule has 0 radical (unpaired) electrons. The largest absolute Gasteiger partial charge is 0.476 e. The molecule has 0 saturated carbocycles. The minimum atomic E-state index is -1.94. The minimum absolute atomic E-state index is 0.0583. The third-order valence-electron chi connectivity index (χ3n) is 9.83. The molecule has 1 aliphatic heterocycles. The van der Waals surface area contributed by atoms with Gasteiger partial charge in [0.2, 0.25) is 5.88 Å². The normalized spacial score (nSPS) is 16.4. The van der Waals surface area contributed by atoms with Gasteiger partial charge in [0.05, 0.1) is 23.1 Å². The van der Waals surface area contributed by atoms with Crippen molar-refractivity contribution in [2.75, 3.05) is 13.2 Å². The first kappa shape index (κ1) is 34.0. The SMILES string of the molecule is Cc1cc(OC[C@H](C)NCc2c(-c3ccc4c(c3)c(C#C[Si](C(C)C)(C(C)C)C(C)C)nn4C3CCCCO3)cnn2C)n(C)n1. The summed E-state index contributed by atoms with van der Waals surface area (Å²) in [5.74, 6) is 4.45. The second kappa shape index (κ2) is 14.2. The molecule has 1 aromatic carbocycles. The van der Waals surface area contributed by atoms with E-state index in [0.717, 1.165) is 70.9 Å². The Kier molecular flexibility index (Phi) is 10.5. The average molecular weight is 644 g/mol. The highest BCUT2D eigenvalue weighted by atomic mass is 28.3. The summed E-state index contributed by atoms with van der Waals surface area (Å²) < 4.78 is 18.1. The zero-order valence-electron chi connectivity index (χ0n) is 29.5. The fourth-order valence-electron chi connectivity index (χ4n) is 7.31. The molecule has 248 valence electrons. The molecule has 1 unspecified atom stereocenters. The first-order valence-corrected chi connectivity index (χ1v) is 19.2. The maximum atomic E-state index is 6.22. The van der Waals surface area contributed by atoms with Crippen LogP contribution in [-0.4, -0.2) is 56.7 Å². The number of benzene rings is 1. The standard InChI is InChI=1S/C36H53N7O2Si/c1-24(2)46(25(3)4,26(5)6)18-16-32-30-20-29(14-15-33(30)43(40-32)35-13-11-12-17-44-35)31-21-38-41(9)34(31)22-37-28(8)23-45-36-19-27(7)39-42(36)10/h14-15,19-21,24-26,28,35,37H,11-13,17,22-23H2,1-10H3/t28-,35?/m0/s1. The summed E-state index contributed by atoms with van der Waals surface area (Å²) in [4.78, 5) is 0. The Morgan fingerprint density at radius 2 is 1.74 bits per heavy atom. The number of ether oxygens (including phenoxy) is 2. The second-order valence-electron chi connectivity index (χ2n) is 14.0. The van der Waals surface area contributed by atoms with Gasteiger partial charge in [-0.25, -0.2) is 9.36 Å². The Labute approximate surface area is 276 Å². The van der Waals surface area contributed by atoms with Crippen LogP contribution < -0.4 is 10.1 Å². The lowest BCUT2D eigenvalue weighted by Gasteiger charge is -2.38. The summed E-state index contributed by atoms with van der Waals surface area (Å²) in [5.41, 5.74) is 11.8. The van der Waals surface area contributed by atoms with Crippen molar-refractivity contribution in [2.45, 2.75) is 110 Å². The van der Waals surface area contributed by atoms with Gasteiger partial charge in [-0.15, -0.1) is 5.54 Å². The molecule has 0 spiro atoms. The predicted molar refractivity (Wildman–Crippen MR) is 188 cm³/mol. The summed E-state index contributed by atoms with van der Waals surface area (Å²) in [6.07, 6.45) is 5.12. The smallest absolute Gasteiger partial charge is 0.211 e. The van der Waals surface area contributed by atoms with Gasteiger partial charge in [0.25, 0.3) is 0 Å². The van der Waals surface area contributed by atoms with Crippen molar-refractivity contribution >= 4 is 19.0 Å². The van der Waals surface area contributed by atoms with Crippen LogP contribution in [0, 0.1) is 18.4 Å². The van der Waals surface area contributed by atoms with Crippen LogP contribution in [0.5, 0.6) is 5.88 Å². The highest BCUT2D eigenvalue weighted by Crippen LogP contribution is 2.41. The molecule has 2 atom stereocenters. The number of hydrogen-bond acceptors (Lipinski definition) is 6. The van der Waals surface area contributed by atoms with E-state index in [2.05, 4.69) is 98.3 Å². The molecule has 4 aromatic rings. The fourth-order valence-corrected chi connectivity index (χ4v) is 12.5. The van der Waals surface area contributed by atoms with E-state index in [1.807, 2.05) is 38.0 Å². The Balaban J connectivity index is 1.48. The molecule has 1 aliphatic rings. The molecule has 0 aliphatic carbocycles. The lowest BCUT2D eigenvalue weighted by Crippen LogP contribution is -2.43. The van der Waals surface area contributed by atoms with Crippen LogP contribution >= 0.6 is 0 Å². The van der Waals surface area contributed by atoms with E-state index in [0.29, 0.717) is 29.8 Å². The third-order valence-corrected chi connectivity index (χ3v) is 16.1. The molecular weight excluding hydrogens is 591 g/mol. The highest BCUT2D eigenvalue weighted by Gasteiger charge is 2.41. The molecule has 1 fully saturated rings. The lowest BCUT2D eigenvalue weighted by molar-refractivity contribution is -0.0367. The monoisotopic (exact) mass is 643 g/mol. The molecule has 4 heterocycles. The van der Waals surface area contributed by atoms with Gasteiger partial charge in [0.1, 0.15) is 20.4 Å². The number of nitrogens with zero attached hydrogens (tertiary/aromatic N) is 6. The molecule has 0 amide bonds. The van der Waals surface area contributed by atoms with Gasteiger partial charge in [-0.2, -0.15) is 15.3 Å². The number of fused-ring (bicyclic) bond motifs is 1. The Hall–Kier alpha value is -3.39.